The summed E-state index contributed by atoms with van der Waals surface area (Å²) in [5.41, 5.74) is -0.114. The van der Waals surface area contributed by atoms with E-state index in [0.29, 0.717) is 24.7 Å². The van der Waals surface area contributed by atoms with Gasteiger partial charge in [0.05, 0.1) is 6.61 Å². The van der Waals surface area contributed by atoms with Crippen molar-refractivity contribution in [1.29, 1.82) is 0 Å². The molecule has 1 aromatic rings. The van der Waals surface area contributed by atoms with Crippen molar-refractivity contribution in [2.75, 3.05) is 26.8 Å². The van der Waals surface area contributed by atoms with Crippen molar-refractivity contribution in [3.8, 4) is 0 Å². The lowest BCUT2D eigenvalue weighted by molar-refractivity contribution is 0.0177. The van der Waals surface area contributed by atoms with Crippen LogP contribution in [0.25, 0.3) is 0 Å². The Hall–Kier alpha value is -1.33. The lowest BCUT2D eigenvalue weighted by Gasteiger charge is -2.41. The van der Waals surface area contributed by atoms with Crippen molar-refractivity contribution in [2.45, 2.75) is 38.7 Å². The molecule has 2 fully saturated rings. The number of piperidine rings is 1. The van der Waals surface area contributed by atoms with Gasteiger partial charge < -0.3 is 19.2 Å². The van der Waals surface area contributed by atoms with E-state index in [-0.39, 0.29) is 17.9 Å². The van der Waals surface area contributed by atoms with Gasteiger partial charge in [0.1, 0.15) is 12.4 Å². The molecule has 1 saturated carbocycles. The Balaban J connectivity index is 1.68. The van der Waals surface area contributed by atoms with Gasteiger partial charge in [0.25, 0.3) is 5.91 Å². The van der Waals surface area contributed by atoms with E-state index in [0.717, 1.165) is 31.7 Å². The van der Waals surface area contributed by atoms with Crippen LogP contribution in [0, 0.1) is 11.3 Å². The number of hydrogen-bond acceptors (Lipinski definition) is 4. The van der Waals surface area contributed by atoms with Crippen molar-refractivity contribution in [2.24, 2.45) is 11.3 Å². The van der Waals surface area contributed by atoms with Gasteiger partial charge in [-0.3, -0.25) is 4.79 Å². The van der Waals surface area contributed by atoms with Crippen LogP contribution in [0.5, 0.6) is 0 Å². The summed E-state index contributed by atoms with van der Waals surface area (Å²) < 4.78 is 10.6. The number of likely N-dealkylation sites (tertiary alicyclic amines) is 1. The van der Waals surface area contributed by atoms with Crippen LogP contribution >= 0.6 is 0 Å². The summed E-state index contributed by atoms with van der Waals surface area (Å²) in [5, 5.41) is 9.88. The number of furan rings is 1. The first kappa shape index (κ1) is 15.6. The highest BCUT2D eigenvalue weighted by atomic mass is 16.5. The highest BCUT2D eigenvalue weighted by Crippen LogP contribution is 2.44. The second-order valence-corrected chi connectivity index (χ2v) is 6.83. The average molecular weight is 307 g/mol. The molecule has 0 radical (unpaired) electrons. The van der Waals surface area contributed by atoms with E-state index in [2.05, 4.69) is 0 Å². The summed E-state index contributed by atoms with van der Waals surface area (Å²) in [6.45, 7) is 1.92. The first-order valence-electron chi connectivity index (χ1n) is 8.13. The van der Waals surface area contributed by atoms with E-state index in [1.165, 1.54) is 12.8 Å². The third-order valence-corrected chi connectivity index (χ3v) is 4.86. The molecule has 1 N–H and O–H groups in total. The number of carbonyl (C=O) groups is 1. The van der Waals surface area contributed by atoms with Gasteiger partial charge in [-0.2, -0.15) is 0 Å². The molecule has 2 aliphatic rings. The van der Waals surface area contributed by atoms with Gasteiger partial charge in [0.15, 0.2) is 5.76 Å². The predicted molar refractivity (Wildman–Crippen MR) is 81.4 cm³/mol. The normalized spacial score (nSPS) is 25.5. The summed E-state index contributed by atoms with van der Waals surface area (Å²) in [4.78, 5) is 14.5. The van der Waals surface area contributed by atoms with Gasteiger partial charge in [-0.1, -0.05) is 12.8 Å². The van der Waals surface area contributed by atoms with Crippen LogP contribution in [-0.4, -0.2) is 42.7 Å². The lowest BCUT2D eigenvalue weighted by Crippen LogP contribution is -2.48. The molecule has 1 aromatic heterocycles. The molecule has 22 heavy (non-hydrogen) atoms. The third-order valence-electron chi connectivity index (χ3n) is 4.86. The molecule has 1 atom stereocenters. The molecule has 0 bridgehead atoms. The van der Waals surface area contributed by atoms with Gasteiger partial charge in [-0.05, 0) is 37.3 Å². The maximum Gasteiger partial charge on any atom is 0.289 e. The molecular formula is C17H25NO4. The molecule has 5 heteroatoms. The summed E-state index contributed by atoms with van der Waals surface area (Å²) in [5.74, 6) is 1.70. The fourth-order valence-electron chi connectivity index (χ4n) is 3.54. The summed E-state index contributed by atoms with van der Waals surface area (Å²) in [6.07, 6.45) is 5.55. The van der Waals surface area contributed by atoms with E-state index in [1.807, 2.05) is 4.90 Å². The monoisotopic (exact) mass is 307 g/mol. The number of amides is 1. The van der Waals surface area contributed by atoms with E-state index >= 15 is 0 Å². The summed E-state index contributed by atoms with van der Waals surface area (Å²) >= 11 is 0. The van der Waals surface area contributed by atoms with Crippen LogP contribution < -0.4 is 0 Å². The number of aliphatic hydroxyl groups is 1. The van der Waals surface area contributed by atoms with Gasteiger partial charge >= 0.3 is 0 Å². The number of hydrogen-bond donors (Lipinski definition) is 1. The molecule has 3 rings (SSSR count). The van der Waals surface area contributed by atoms with Crippen molar-refractivity contribution in [1.82, 2.24) is 4.90 Å². The minimum Gasteiger partial charge on any atom is -0.453 e. The van der Waals surface area contributed by atoms with Gasteiger partial charge in [-0.25, -0.2) is 0 Å². The van der Waals surface area contributed by atoms with Crippen LogP contribution in [0.1, 0.15) is 48.4 Å². The zero-order valence-corrected chi connectivity index (χ0v) is 13.2. The smallest absolute Gasteiger partial charge is 0.289 e. The molecule has 1 unspecified atom stereocenters. The van der Waals surface area contributed by atoms with Crippen molar-refractivity contribution in [3.05, 3.63) is 23.7 Å². The van der Waals surface area contributed by atoms with Crippen molar-refractivity contribution in [3.63, 3.8) is 0 Å². The fourth-order valence-corrected chi connectivity index (χ4v) is 3.54. The van der Waals surface area contributed by atoms with Gasteiger partial charge in [-0.15, -0.1) is 0 Å². The molecule has 2 heterocycles. The number of rotatable bonds is 6. The number of methoxy groups -OCH3 is 1. The molecular weight excluding hydrogens is 282 g/mol. The van der Waals surface area contributed by atoms with Crippen LogP contribution in [0.4, 0.5) is 0 Å². The first-order chi connectivity index (χ1) is 10.7. The maximum absolute atomic E-state index is 12.6. The minimum absolute atomic E-state index is 0.0734. The highest BCUT2D eigenvalue weighted by molar-refractivity contribution is 5.91. The van der Waals surface area contributed by atoms with Gasteiger partial charge in [0, 0.05) is 25.6 Å². The van der Waals surface area contributed by atoms with E-state index in [9.17, 15) is 9.90 Å². The standard InChI is InChI=1S/C17H25NO4/c1-21-10-14-5-6-15(22-14)16(20)18-8-2-7-17(11-18,12-19)9-13-3-4-13/h5-6,13,19H,2-4,7-12H2,1H3. The molecule has 122 valence electrons. The van der Waals surface area contributed by atoms with E-state index < -0.39 is 0 Å². The van der Waals surface area contributed by atoms with Crippen LogP contribution in [0.3, 0.4) is 0 Å². The number of ether oxygens (including phenoxy) is 1. The van der Waals surface area contributed by atoms with E-state index in [1.54, 1.807) is 19.2 Å². The Morgan fingerprint density at radius 1 is 1.50 bits per heavy atom. The Morgan fingerprint density at radius 3 is 3.00 bits per heavy atom. The SMILES string of the molecule is COCc1ccc(C(=O)N2CCCC(CO)(CC3CC3)C2)o1. The largest absolute Gasteiger partial charge is 0.453 e. The van der Waals surface area contributed by atoms with Gasteiger partial charge in [0.2, 0.25) is 0 Å². The Morgan fingerprint density at radius 2 is 2.32 bits per heavy atom. The first-order valence-corrected chi connectivity index (χ1v) is 8.13. The van der Waals surface area contributed by atoms with Crippen LogP contribution in [0.15, 0.2) is 16.5 Å². The average Bonchev–Trinajstić information content (AvgIpc) is 3.22. The molecule has 0 spiro atoms. The van der Waals surface area contributed by atoms with Crippen LogP contribution in [0.2, 0.25) is 0 Å². The fraction of sp³-hybridized carbons (Fsp3) is 0.706. The van der Waals surface area contributed by atoms with Crippen molar-refractivity contribution < 1.29 is 19.1 Å². The summed E-state index contributed by atoms with van der Waals surface area (Å²) in [7, 11) is 1.60. The molecule has 1 amide bonds. The molecule has 1 aliphatic carbocycles. The molecule has 0 aromatic carbocycles. The predicted octanol–water partition coefficient (Wildman–Crippen LogP) is 2.44. The quantitative estimate of drug-likeness (QED) is 0.877. The highest BCUT2D eigenvalue weighted by Gasteiger charge is 2.41. The van der Waals surface area contributed by atoms with Crippen LogP contribution in [-0.2, 0) is 11.3 Å². The summed E-state index contributed by atoms with van der Waals surface area (Å²) in [6, 6.07) is 3.50. The topological polar surface area (TPSA) is 62.9 Å². The molecule has 1 aliphatic heterocycles. The van der Waals surface area contributed by atoms with Crippen molar-refractivity contribution >= 4 is 5.91 Å². The molecule has 1 saturated heterocycles. The zero-order valence-electron chi connectivity index (χ0n) is 13.2. The Bertz CT molecular complexity index is 522. The minimum atomic E-state index is -0.114. The molecule has 5 nitrogen and oxygen atoms in total. The zero-order chi connectivity index (χ0) is 15.6. The maximum atomic E-state index is 12.6. The number of nitrogens with zero attached hydrogens (tertiary/aromatic N) is 1. The van der Waals surface area contributed by atoms with E-state index in [4.69, 9.17) is 9.15 Å². The second kappa shape index (κ2) is 6.42. The second-order valence-electron chi connectivity index (χ2n) is 6.83. The Kier molecular flexibility index (Phi) is 4.54. The third kappa shape index (κ3) is 3.36. The number of aliphatic hydroxyl groups excluding tert-OH is 1. The Labute approximate surface area is 131 Å². The lowest BCUT2D eigenvalue weighted by atomic mass is 9.76. The number of carbonyl (C=O) groups excluding carboxylic acids is 1.